The first kappa shape index (κ1) is 19.4. The summed E-state index contributed by atoms with van der Waals surface area (Å²) in [5, 5.41) is 6.27. The molecule has 1 unspecified atom stereocenters. The molecule has 2 amide bonds. The van der Waals surface area contributed by atoms with Gasteiger partial charge in [0.15, 0.2) is 0 Å². The fraction of sp³-hybridized carbons (Fsp3) is 0.286. The van der Waals surface area contributed by atoms with Crippen molar-refractivity contribution in [3.63, 3.8) is 0 Å². The first-order valence-corrected chi connectivity index (χ1v) is 9.83. The van der Waals surface area contributed by atoms with Crippen molar-refractivity contribution in [1.29, 1.82) is 0 Å². The zero-order chi connectivity index (χ0) is 20.2. The molecule has 1 fully saturated rings. The third-order valence-electron chi connectivity index (χ3n) is 4.90. The molecular weight excluding hydrogens is 392 g/mol. The van der Waals surface area contributed by atoms with Gasteiger partial charge in [0.25, 0.3) is 5.91 Å². The Hall–Kier alpha value is -2.90. The molecule has 1 saturated heterocycles. The molecule has 0 spiro atoms. The average molecular weight is 413 g/mol. The highest BCUT2D eigenvalue weighted by molar-refractivity contribution is 6.29. The van der Waals surface area contributed by atoms with Gasteiger partial charge < -0.3 is 15.4 Å². The maximum Gasteiger partial charge on any atom is 0.251 e. The molecule has 150 valence electrons. The molecule has 0 bridgehead atoms. The normalized spacial score (nSPS) is 16.1. The molecule has 0 aliphatic carbocycles. The molecule has 2 aromatic heterocycles. The number of carbonyl (C=O) groups excluding carboxylic acids is 2. The fourth-order valence-corrected chi connectivity index (χ4v) is 3.49. The summed E-state index contributed by atoms with van der Waals surface area (Å²) in [7, 11) is 0. The number of nitrogens with zero attached hydrogens (tertiary/aromatic N) is 2. The van der Waals surface area contributed by atoms with Crippen LogP contribution < -0.4 is 10.6 Å². The third kappa shape index (κ3) is 4.75. The molecule has 1 aliphatic rings. The highest BCUT2D eigenvalue weighted by Crippen LogP contribution is 2.18. The van der Waals surface area contributed by atoms with E-state index in [0.717, 1.165) is 24.2 Å². The lowest BCUT2D eigenvalue weighted by molar-refractivity contribution is -0.117. The van der Waals surface area contributed by atoms with Crippen LogP contribution in [0.3, 0.4) is 0 Å². The van der Waals surface area contributed by atoms with Crippen LogP contribution in [0.2, 0.25) is 5.15 Å². The van der Waals surface area contributed by atoms with Crippen LogP contribution >= 0.6 is 11.6 Å². The quantitative estimate of drug-likeness (QED) is 0.650. The van der Waals surface area contributed by atoms with Gasteiger partial charge >= 0.3 is 0 Å². The number of aromatic nitrogens is 2. The van der Waals surface area contributed by atoms with Gasteiger partial charge in [0, 0.05) is 43.6 Å². The van der Waals surface area contributed by atoms with E-state index in [9.17, 15) is 9.59 Å². The van der Waals surface area contributed by atoms with Crippen LogP contribution in [0.5, 0.6) is 0 Å². The van der Waals surface area contributed by atoms with Crippen molar-refractivity contribution in [3.8, 4) is 0 Å². The fourth-order valence-electron chi connectivity index (χ4n) is 3.31. The van der Waals surface area contributed by atoms with Gasteiger partial charge in [-0.05, 0) is 48.2 Å². The smallest absolute Gasteiger partial charge is 0.251 e. The van der Waals surface area contributed by atoms with Crippen LogP contribution in [0, 0.1) is 5.92 Å². The molecule has 3 heterocycles. The Labute approximate surface area is 173 Å². The minimum atomic E-state index is -0.192. The average Bonchev–Trinajstić information content (AvgIpc) is 3.36. The Balaban J connectivity index is 1.31. The molecule has 3 aromatic rings. The Morgan fingerprint density at radius 1 is 1.21 bits per heavy atom. The summed E-state index contributed by atoms with van der Waals surface area (Å²) in [6, 6.07) is 10.6. The lowest BCUT2D eigenvalue weighted by atomic mass is 10.0. The van der Waals surface area contributed by atoms with E-state index in [4.69, 9.17) is 16.3 Å². The number of benzene rings is 1. The minimum absolute atomic E-state index is 0.0359. The number of imidazole rings is 1. The SMILES string of the molecule is O=C(CC1CCOC1)Nc1ccc(C(=O)NCc2ccc3ncc(Cl)n3c2)cc1. The number of nitrogens with one attached hydrogen (secondary N) is 2. The van der Waals surface area contributed by atoms with Crippen molar-refractivity contribution >= 4 is 34.7 Å². The van der Waals surface area contributed by atoms with Crippen molar-refractivity contribution in [2.75, 3.05) is 18.5 Å². The van der Waals surface area contributed by atoms with Crippen LogP contribution in [-0.4, -0.2) is 34.4 Å². The van der Waals surface area contributed by atoms with Gasteiger partial charge in [0.1, 0.15) is 10.8 Å². The molecular formula is C21H21ClN4O3. The number of anilines is 1. The number of halogens is 1. The van der Waals surface area contributed by atoms with E-state index in [1.807, 2.05) is 18.3 Å². The first-order chi connectivity index (χ1) is 14.1. The monoisotopic (exact) mass is 412 g/mol. The summed E-state index contributed by atoms with van der Waals surface area (Å²) >= 11 is 6.08. The van der Waals surface area contributed by atoms with Crippen LogP contribution in [-0.2, 0) is 16.1 Å². The van der Waals surface area contributed by atoms with E-state index in [2.05, 4.69) is 15.6 Å². The Morgan fingerprint density at radius 2 is 2.03 bits per heavy atom. The summed E-state index contributed by atoms with van der Waals surface area (Å²) < 4.78 is 7.05. The summed E-state index contributed by atoms with van der Waals surface area (Å²) in [5.41, 5.74) is 2.85. The molecule has 1 aromatic carbocycles. The van der Waals surface area contributed by atoms with Crippen LogP contribution in [0.4, 0.5) is 5.69 Å². The molecule has 1 aliphatic heterocycles. The topological polar surface area (TPSA) is 84.7 Å². The summed E-state index contributed by atoms with van der Waals surface area (Å²) in [6.07, 6.45) is 4.81. The number of rotatable bonds is 6. The van der Waals surface area contributed by atoms with Gasteiger partial charge in [-0.2, -0.15) is 0 Å². The van der Waals surface area contributed by atoms with E-state index >= 15 is 0 Å². The second kappa shape index (κ2) is 8.63. The Morgan fingerprint density at radius 3 is 2.79 bits per heavy atom. The number of fused-ring (bicyclic) bond motifs is 1. The Bertz CT molecular complexity index is 1030. The summed E-state index contributed by atoms with van der Waals surface area (Å²) in [4.78, 5) is 28.7. The minimum Gasteiger partial charge on any atom is -0.381 e. The van der Waals surface area contributed by atoms with E-state index in [-0.39, 0.29) is 17.7 Å². The number of carbonyl (C=O) groups is 2. The molecule has 8 heteroatoms. The van der Waals surface area contributed by atoms with Gasteiger partial charge in [-0.1, -0.05) is 17.7 Å². The number of ether oxygens (including phenoxy) is 1. The van der Waals surface area contributed by atoms with Crippen molar-refractivity contribution < 1.29 is 14.3 Å². The van der Waals surface area contributed by atoms with Gasteiger partial charge in [0.2, 0.25) is 5.91 Å². The summed E-state index contributed by atoms with van der Waals surface area (Å²) in [5.74, 6) is 0.0607. The predicted octanol–water partition coefficient (Wildman–Crippen LogP) is 3.28. The van der Waals surface area contributed by atoms with Gasteiger partial charge in [0.05, 0.1) is 6.20 Å². The van der Waals surface area contributed by atoms with E-state index < -0.39 is 0 Å². The number of hydrogen-bond donors (Lipinski definition) is 2. The van der Waals surface area contributed by atoms with Crippen molar-refractivity contribution in [2.24, 2.45) is 5.92 Å². The maximum atomic E-state index is 12.4. The molecule has 29 heavy (non-hydrogen) atoms. The highest BCUT2D eigenvalue weighted by atomic mass is 35.5. The van der Waals surface area contributed by atoms with Gasteiger partial charge in [-0.15, -0.1) is 0 Å². The number of hydrogen-bond acceptors (Lipinski definition) is 4. The van der Waals surface area contributed by atoms with E-state index in [0.29, 0.717) is 36.0 Å². The number of pyridine rings is 1. The largest absolute Gasteiger partial charge is 0.381 e. The maximum absolute atomic E-state index is 12.4. The van der Waals surface area contributed by atoms with Gasteiger partial charge in [-0.3, -0.25) is 14.0 Å². The molecule has 0 radical (unpaired) electrons. The molecule has 2 N–H and O–H groups in total. The Kier molecular flexibility index (Phi) is 5.78. The zero-order valence-corrected chi connectivity index (χ0v) is 16.5. The zero-order valence-electron chi connectivity index (χ0n) is 15.7. The standard InChI is InChI=1S/C21H21ClN4O3/c22-18-11-23-19-6-1-15(12-26(18)19)10-24-21(28)16-2-4-17(5-3-16)25-20(27)9-14-7-8-29-13-14/h1-6,11-12,14H,7-10,13H2,(H,24,28)(H,25,27). The molecule has 7 nitrogen and oxygen atoms in total. The molecule has 0 saturated carbocycles. The van der Waals surface area contributed by atoms with E-state index in [1.54, 1.807) is 34.9 Å². The lowest BCUT2D eigenvalue weighted by Gasteiger charge is -2.10. The van der Waals surface area contributed by atoms with Crippen LogP contribution in [0.1, 0.15) is 28.8 Å². The first-order valence-electron chi connectivity index (χ1n) is 9.46. The third-order valence-corrected chi connectivity index (χ3v) is 5.18. The summed E-state index contributed by atoms with van der Waals surface area (Å²) in [6.45, 7) is 1.74. The van der Waals surface area contributed by atoms with Crippen LogP contribution in [0.25, 0.3) is 5.65 Å². The second-order valence-electron chi connectivity index (χ2n) is 7.09. The van der Waals surface area contributed by atoms with Crippen LogP contribution in [0.15, 0.2) is 48.8 Å². The van der Waals surface area contributed by atoms with E-state index in [1.165, 1.54) is 0 Å². The van der Waals surface area contributed by atoms with Gasteiger partial charge in [-0.25, -0.2) is 4.98 Å². The van der Waals surface area contributed by atoms with Crippen molar-refractivity contribution in [3.05, 3.63) is 65.1 Å². The predicted molar refractivity (Wildman–Crippen MR) is 110 cm³/mol. The molecule has 4 rings (SSSR count). The number of amides is 2. The second-order valence-corrected chi connectivity index (χ2v) is 7.48. The highest BCUT2D eigenvalue weighted by Gasteiger charge is 2.19. The lowest BCUT2D eigenvalue weighted by Crippen LogP contribution is -2.23. The van der Waals surface area contributed by atoms with Crippen molar-refractivity contribution in [1.82, 2.24) is 14.7 Å². The van der Waals surface area contributed by atoms with Crippen molar-refractivity contribution in [2.45, 2.75) is 19.4 Å². The molecule has 1 atom stereocenters.